The summed E-state index contributed by atoms with van der Waals surface area (Å²) < 4.78 is 10.9. The zero-order valence-electron chi connectivity index (χ0n) is 15.2. The van der Waals surface area contributed by atoms with Crippen LogP contribution in [0, 0.1) is 0 Å². The second kappa shape index (κ2) is 7.72. The Morgan fingerprint density at radius 3 is 2.41 bits per heavy atom. The van der Waals surface area contributed by atoms with Crippen LogP contribution >= 0.6 is 11.3 Å². The topological polar surface area (TPSA) is 95.0 Å². The molecule has 1 aliphatic heterocycles. The Balaban J connectivity index is 1.49. The minimum absolute atomic E-state index is 0.0967. The van der Waals surface area contributed by atoms with E-state index in [0.717, 1.165) is 5.69 Å². The van der Waals surface area contributed by atoms with Crippen LogP contribution in [0.25, 0.3) is 0 Å². The van der Waals surface area contributed by atoms with Crippen molar-refractivity contribution in [2.75, 3.05) is 7.11 Å². The van der Waals surface area contributed by atoms with Crippen molar-refractivity contribution in [1.29, 1.82) is 0 Å². The van der Waals surface area contributed by atoms with Crippen LogP contribution in [0.3, 0.4) is 0 Å². The number of nitrogens with zero attached hydrogens (tertiary/aromatic N) is 2. The number of imide groups is 1. The fourth-order valence-electron chi connectivity index (χ4n) is 2.76. The van der Waals surface area contributed by atoms with Gasteiger partial charge in [0.2, 0.25) is 0 Å². The summed E-state index contributed by atoms with van der Waals surface area (Å²) in [5, 5.41) is 2.33. The van der Waals surface area contributed by atoms with Crippen LogP contribution in [0.4, 0.5) is 0 Å². The Hall–Kier alpha value is -3.72. The van der Waals surface area contributed by atoms with Crippen molar-refractivity contribution in [2.24, 2.45) is 0 Å². The van der Waals surface area contributed by atoms with E-state index >= 15 is 0 Å². The number of hydrogen-bond acceptors (Lipinski definition) is 8. The maximum atomic E-state index is 12.5. The number of hydrogen-bond donors (Lipinski definition) is 0. The number of benzene rings is 2. The number of carbonyl (C=O) groups is 3. The molecule has 0 N–H and O–H groups in total. The molecule has 0 bridgehead atoms. The number of fused-ring (bicyclic) bond motifs is 1. The molecule has 1 aliphatic rings. The molecule has 0 atom stereocenters. The average molecular weight is 410 g/mol. The van der Waals surface area contributed by atoms with Gasteiger partial charge < -0.3 is 14.3 Å². The lowest BCUT2D eigenvalue weighted by Gasteiger charge is -2.14. The third-order valence-corrected chi connectivity index (χ3v) is 4.82. The maximum absolute atomic E-state index is 12.5. The molecule has 1 aromatic heterocycles. The average Bonchev–Trinajstić information content (AvgIpc) is 3.35. The van der Waals surface area contributed by atoms with Crippen molar-refractivity contribution >= 4 is 29.1 Å². The number of rotatable bonds is 6. The molecule has 146 valence electrons. The summed E-state index contributed by atoms with van der Waals surface area (Å²) in [5.74, 6) is -1.53. The Bertz CT molecular complexity index is 1060. The lowest BCUT2D eigenvalue weighted by molar-refractivity contribution is -0.0584. The minimum atomic E-state index is -0.871. The molecule has 0 saturated carbocycles. The zero-order chi connectivity index (χ0) is 20.4. The normalized spacial score (nSPS) is 12.7. The van der Waals surface area contributed by atoms with Gasteiger partial charge in [-0.2, -0.15) is 0 Å². The molecule has 2 amide bonds. The Morgan fingerprint density at radius 2 is 1.79 bits per heavy atom. The first-order valence-electron chi connectivity index (χ1n) is 8.46. The van der Waals surface area contributed by atoms with Gasteiger partial charge in [-0.3, -0.25) is 9.59 Å². The number of ether oxygens (including phenoxy) is 2. The number of aromatic nitrogens is 1. The SMILES string of the molecule is COc1cc(C(=O)ON2C(=O)c3ccccc3C2=O)ccc1OCc1cscn1. The summed E-state index contributed by atoms with van der Waals surface area (Å²) in [4.78, 5) is 46.3. The fraction of sp³-hybridized carbons (Fsp3) is 0.100. The van der Waals surface area contributed by atoms with E-state index in [-0.39, 0.29) is 23.3 Å². The van der Waals surface area contributed by atoms with Gasteiger partial charge in [0.25, 0.3) is 11.8 Å². The molecule has 0 spiro atoms. The van der Waals surface area contributed by atoms with Crippen molar-refractivity contribution in [2.45, 2.75) is 6.61 Å². The highest BCUT2D eigenvalue weighted by molar-refractivity contribution is 7.07. The molecule has 3 aromatic rings. The molecule has 4 rings (SSSR count). The summed E-state index contributed by atoms with van der Waals surface area (Å²) in [5.41, 5.74) is 2.95. The van der Waals surface area contributed by atoms with E-state index in [0.29, 0.717) is 16.6 Å². The summed E-state index contributed by atoms with van der Waals surface area (Å²) in [6, 6.07) is 10.7. The van der Waals surface area contributed by atoms with Crippen molar-refractivity contribution in [3.63, 3.8) is 0 Å². The second-order valence-electron chi connectivity index (χ2n) is 5.96. The third-order valence-electron chi connectivity index (χ3n) is 4.19. The van der Waals surface area contributed by atoms with Crippen LogP contribution in [0.15, 0.2) is 53.4 Å². The van der Waals surface area contributed by atoms with Gasteiger partial charge in [0, 0.05) is 5.38 Å². The van der Waals surface area contributed by atoms with E-state index in [1.165, 1.54) is 42.7 Å². The van der Waals surface area contributed by atoms with Gasteiger partial charge in [0.15, 0.2) is 11.5 Å². The summed E-state index contributed by atoms with van der Waals surface area (Å²) in [6.45, 7) is 0.249. The molecule has 0 saturated heterocycles. The summed E-state index contributed by atoms with van der Waals surface area (Å²) >= 11 is 1.46. The van der Waals surface area contributed by atoms with Gasteiger partial charge in [-0.1, -0.05) is 17.2 Å². The molecule has 8 nitrogen and oxygen atoms in total. The summed E-state index contributed by atoms with van der Waals surface area (Å²) in [6.07, 6.45) is 0. The number of carbonyl (C=O) groups excluding carboxylic acids is 3. The predicted molar refractivity (Wildman–Crippen MR) is 102 cm³/mol. The monoisotopic (exact) mass is 410 g/mol. The second-order valence-corrected chi connectivity index (χ2v) is 6.68. The van der Waals surface area contributed by atoms with E-state index < -0.39 is 17.8 Å². The largest absolute Gasteiger partial charge is 0.493 e. The number of thiazole rings is 1. The van der Waals surface area contributed by atoms with Gasteiger partial charge in [-0.25, -0.2) is 9.78 Å². The minimum Gasteiger partial charge on any atom is -0.493 e. The van der Waals surface area contributed by atoms with Crippen LogP contribution in [0.2, 0.25) is 0 Å². The molecule has 2 aromatic carbocycles. The molecule has 0 fully saturated rings. The lowest BCUT2D eigenvalue weighted by Crippen LogP contribution is -2.32. The van der Waals surface area contributed by atoms with E-state index in [9.17, 15) is 14.4 Å². The van der Waals surface area contributed by atoms with Crippen LogP contribution in [0.1, 0.15) is 36.8 Å². The molecule has 29 heavy (non-hydrogen) atoms. The lowest BCUT2D eigenvalue weighted by atomic mass is 10.1. The molecule has 0 radical (unpaired) electrons. The fourth-order valence-corrected chi connectivity index (χ4v) is 3.30. The van der Waals surface area contributed by atoms with Crippen LogP contribution in [-0.2, 0) is 11.4 Å². The molecular weight excluding hydrogens is 396 g/mol. The highest BCUT2D eigenvalue weighted by Crippen LogP contribution is 2.30. The first kappa shape index (κ1) is 18.6. The van der Waals surface area contributed by atoms with Crippen LogP contribution in [0.5, 0.6) is 11.5 Å². The smallest absolute Gasteiger partial charge is 0.364 e. The van der Waals surface area contributed by atoms with Crippen LogP contribution < -0.4 is 9.47 Å². The standard InChI is InChI=1S/C20H14N2O6S/c1-26-17-8-12(6-7-16(17)27-9-13-10-29-11-21-13)20(25)28-22-18(23)14-4-2-3-5-15(14)19(22)24/h2-8,10-11H,9H2,1H3. The van der Waals surface area contributed by atoms with Gasteiger partial charge in [-0.15, -0.1) is 11.3 Å². The molecule has 0 aliphatic carbocycles. The van der Waals surface area contributed by atoms with Crippen LogP contribution in [-0.4, -0.2) is 34.9 Å². The van der Waals surface area contributed by atoms with Crippen molar-refractivity contribution in [3.05, 3.63) is 75.7 Å². The van der Waals surface area contributed by atoms with Gasteiger partial charge in [0.1, 0.15) is 6.61 Å². The molecule has 0 unspecified atom stereocenters. The highest BCUT2D eigenvalue weighted by Gasteiger charge is 2.38. The number of methoxy groups -OCH3 is 1. The molecular formula is C20H14N2O6S. The van der Waals surface area contributed by atoms with E-state index in [4.69, 9.17) is 14.3 Å². The molecule has 2 heterocycles. The van der Waals surface area contributed by atoms with Crippen molar-refractivity contribution in [3.8, 4) is 11.5 Å². The highest BCUT2D eigenvalue weighted by atomic mass is 32.1. The Kier molecular flexibility index (Phi) is 4.96. The maximum Gasteiger partial charge on any atom is 0.364 e. The Morgan fingerprint density at radius 1 is 1.07 bits per heavy atom. The Labute approximate surface area is 169 Å². The third kappa shape index (κ3) is 3.55. The summed E-state index contributed by atoms with van der Waals surface area (Å²) in [7, 11) is 1.43. The van der Waals surface area contributed by atoms with E-state index in [1.54, 1.807) is 23.7 Å². The quantitative estimate of drug-likeness (QED) is 0.576. The predicted octanol–water partition coefficient (Wildman–Crippen LogP) is 3.10. The van der Waals surface area contributed by atoms with Gasteiger partial charge in [0.05, 0.1) is 35.0 Å². The molecule has 9 heteroatoms. The van der Waals surface area contributed by atoms with E-state index in [1.807, 2.05) is 5.38 Å². The number of amides is 2. The van der Waals surface area contributed by atoms with E-state index in [2.05, 4.69) is 4.98 Å². The van der Waals surface area contributed by atoms with Gasteiger partial charge in [-0.05, 0) is 30.3 Å². The van der Waals surface area contributed by atoms with Crippen molar-refractivity contribution in [1.82, 2.24) is 10.0 Å². The van der Waals surface area contributed by atoms with Crippen molar-refractivity contribution < 1.29 is 28.7 Å². The number of hydroxylamine groups is 2. The first-order valence-corrected chi connectivity index (χ1v) is 9.41. The first-order chi connectivity index (χ1) is 14.1. The van der Waals surface area contributed by atoms with Gasteiger partial charge >= 0.3 is 5.97 Å². The zero-order valence-corrected chi connectivity index (χ0v) is 16.0.